The molecule has 2 aliphatic heterocycles. The summed E-state index contributed by atoms with van der Waals surface area (Å²) in [6.07, 6.45) is 6.31. The molecule has 188 valence electrons. The van der Waals surface area contributed by atoms with E-state index in [0.29, 0.717) is 40.3 Å². The zero-order chi connectivity index (χ0) is 24.9. The van der Waals surface area contributed by atoms with E-state index in [1.807, 2.05) is 0 Å². The first-order chi connectivity index (χ1) is 16.6. The number of hydrogen-bond donors (Lipinski definition) is 0. The average Bonchev–Trinajstić information content (AvgIpc) is 3.53. The zero-order valence-electron chi connectivity index (χ0n) is 20.5. The monoisotopic (exact) mass is 519 g/mol. The van der Waals surface area contributed by atoms with Crippen molar-refractivity contribution in [2.45, 2.75) is 95.5 Å². The van der Waals surface area contributed by atoms with Crippen molar-refractivity contribution in [2.75, 3.05) is 0 Å². The van der Waals surface area contributed by atoms with Crippen LogP contribution in [0.2, 0.25) is 10.0 Å². The van der Waals surface area contributed by atoms with Gasteiger partial charge < -0.3 is 9.47 Å². The number of fused-ring (bicyclic) bond motifs is 2. The van der Waals surface area contributed by atoms with Gasteiger partial charge in [0.05, 0.1) is 5.56 Å². The molecule has 0 spiro atoms. The van der Waals surface area contributed by atoms with Gasteiger partial charge in [0.2, 0.25) is 0 Å². The van der Waals surface area contributed by atoms with Gasteiger partial charge in [-0.3, -0.25) is 4.90 Å². The van der Waals surface area contributed by atoms with Crippen LogP contribution in [0.1, 0.15) is 86.7 Å². The molecule has 0 N–H and O–H groups in total. The number of rotatable bonds is 6. The minimum Gasteiger partial charge on any atom is -0.490 e. The van der Waals surface area contributed by atoms with Crippen LogP contribution in [0.25, 0.3) is 0 Å². The topological polar surface area (TPSA) is 38.8 Å². The maximum atomic E-state index is 15.1. The summed E-state index contributed by atoms with van der Waals surface area (Å²) in [6.45, 7) is 6.08. The molecular formula is C28H32Cl2FNO3. The third-order valence-corrected chi connectivity index (χ3v) is 7.63. The number of halogens is 3. The normalized spacial score (nSPS) is 24.5. The fourth-order valence-electron chi connectivity index (χ4n) is 5.60. The highest BCUT2D eigenvalue weighted by molar-refractivity contribution is 6.34. The molecule has 3 fully saturated rings. The average molecular weight is 520 g/mol. The summed E-state index contributed by atoms with van der Waals surface area (Å²) in [4.78, 5) is 15.1. The van der Waals surface area contributed by atoms with E-state index in [-0.39, 0.29) is 11.7 Å². The minimum atomic E-state index is -0.663. The van der Waals surface area contributed by atoms with E-state index in [1.165, 1.54) is 0 Å². The molecule has 1 saturated carbocycles. The van der Waals surface area contributed by atoms with Crippen LogP contribution in [0.3, 0.4) is 0 Å². The van der Waals surface area contributed by atoms with Crippen LogP contribution >= 0.6 is 23.2 Å². The third kappa shape index (κ3) is 5.79. The second-order valence-corrected chi connectivity index (χ2v) is 12.1. The Hall–Kier alpha value is -1.82. The first-order valence-electron chi connectivity index (χ1n) is 12.5. The summed E-state index contributed by atoms with van der Waals surface area (Å²) in [5, 5.41) is 1.13. The Kier molecular flexibility index (Phi) is 6.80. The lowest BCUT2D eigenvalue weighted by Gasteiger charge is -2.39. The zero-order valence-corrected chi connectivity index (χ0v) is 22.0. The predicted molar refractivity (Wildman–Crippen MR) is 136 cm³/mol. The highest BCUT2D eigenvalue weighted by atomic mass is 35.5. The van der Waals surface area contributed by atoms with Crippen LogP contribution in [0.4, 0.5) is 4.39 Å². The van der Waals surface area contributed by atoms with Gasteiger partial charge in [-0.25, -0.2) is 9.18 Å². The van der Waals surface area contributed by atoms with Gasteiger partial charge in [0, 0.05) is 28.7 Å². The fraction of sp³-hybridized carbons (Fsp3) is 0.536. The van der Waals surface area contributed by atoms with Gasteiger partial charge in [0.1, 0.15) is 23.3 Å². The van der Waals surface area contributed by atoms with Crippen molar-refractivity contribution in [2.24, 2.45) is 0 Å². The molecule has 0 amide bonds. The molecule has 2 aromatic rings. The maximum Gasteiger partial charge on any atom is 0.341 e. The smallest absolute Gasteiger partial charge is 0.341 e. The Morgan fingerprint density at radius 2 is 1.63 bits per heavy atom. The quantitative estimate of drug-likeness (QED) is 0.369. The van der Waals surface area contributed by atoms with E-state index in [2.05, 4.69) is 4.90 Å². The molecule has 0 aromatic heterocycles. The molecule has 2 aromatic carbocycles. The molecular weight excluding hydrogens is 488 g/mol. The third-order valence-electron chi connectivity index (χ3n) is 7.20. The molecule has 2 heterocycles. The fourth-order valence-corrected chi connectivity index (χ4v) is 6.10. The molecule has 0 unspecified atom stereocenters. The summed E-state index contributed by atoms with van der Waals surface area (Å²) in [6, 6.07) is 9.40. The number of nitrogens with zero attached hydrogens (tertiary/aromatic N) is 1. The number of esters is 1. The molecule has 2 saturated heterocycles. The van der Waals surface area contributed by atoms with Gasteiger partial charge in [-0.05, 0) is 107 Å². The van der Waals surface area contributed by atoms with Crippen molar-refractivity contribution in [3.63, 3.8) is 0 Å². The summed E-state index contributed by atoms with van der Waals surface area (Å²) < 4.78 is 26.8. The first-order valence-corrected chi connectivity index (χ1v) is 13.3. The van der Waals surface area contributed by atoms with E-state index in [1.54, 1.807) is 51.1 Å². The molecule has 7 heteroatoms. The molecule has 0 radical (unpaired) electrons. The van der Waals surface area contributed by atoms with Gasteiger partial charge in [-0.1, -0.05) is 23.2 Å². The molecule has 3 aliphatic rings. The minimum absolute atomic E-state index is 0.0424. The Bertz CT molecular complexity index is 1090. The molecule has 35 heavy (non-hydrogen) atoms. The van der Waals surface area contributed by atoms with Gasteiger partial charge in [0.15, 0.2) is 0 Å². The van der Waals surface area contributed by atoms with E-state index in [9.17, 15) is 4.79 Å². The Morgan fingerprint density at radius 3 is 2.20 bits per heavy atom. The van der Waals surface area contributed by atoms with E-state index in [0.717, 1.165) is 49.7 Å². The summed E-state index contributed by atoms with van der Waals surface area (Å²) in [5.74, 6) is 0.0127. The number of hydrogen-bond acceptors (Lipinski definition) is 4. The number of carbonyl (C=O) groups excluding carboxylic acids is 1. The Labute approximate surface area is 216 Å². The van der Waals surface area contributed by atoms with Crippen LogP contribution < -0.4 is 4.74 Å². The summed E-state index contributed by atoms with van der Waals surface area (Å²) >= 11 is 12.3. The van der Waals surface area contributed by atoms with Gasteiger partial charge in [-0.2, -0.15) is 0 Å². The molecule has 3 atom stereocenters. The molecule has 2 bridgehead atoms. The Morgan fingerprint density at radius 1 is 1.00 bits per heavy atom. The number of carbonyl (C=O) groups is 1. The molecule has 4 nitrogen and oxygen atoms in total. The van der Waals surface area contributed by atoms with Crippen molar-refractivity contribution in [1.82, 2.24) is 4.90 Å². The van der Waals surface area contributed by atoms with E-state index < -0.39 is 17.4 Å². The lowest BCUT2D eigenvalue weighted by atomic mass is 9.95. The van der Waals surface area contributed by atoms with Crippen molar-refractivity contribution >= 4 is 29.2 Å². The lowest BCUT2D eigenvalue weighted by molar-refractivity contribution is 0.00642. The standard InChI is InChI=1S/C28H32Cl2FNO3/c1-28(2,3)35-27(33)25-14-24(16-4-5-16)17(8-26(25)31)15-32-20-6-7-21(32)13-23(12-20)34-22-10-18(29)9-19(30)11-22/h8-11,14,16,20-21,23H,4-7,12-13,15H2,1-3H3/t20-,21+,23+. The first kappa shape index (κ1) is 24.9. The van der Waals surface area contributed by atoms with Crippen molar-refractivity contribution in [1.29, 1.82) is 0 Å². The van der Waals surface area contributed by atoms with E-state index >= 15 is 4.39 Å². The SMILES string of the molecule is CC(C)(C)OC(=O)c1cc(C2CC2)c(CN2[C@@H]3CC[C@H]2C[C@@H](Oc2cc(Cl)cc(Cl)c2)C3)cc1F. The van der Waals surface area contributed by atoms with Crippen LogP contribution in [0.15, 0.2) is 30.3 Å². The highest BCUT2D eigenvalue weighted by Crippen LogP contribution is 2.45. The highest BCUT2D eigenvalue weighted by Gasteiger charge is 2.42. The lowest BCUT2D eigenvalue weighted by Crippen LogP contribution is -2.45. The summed E-state index contributed by atoms with van der Waals surface area (Å²) in [5.41, 5.74) is 1.47. The van der Waals surface area contributed by atoms with Gasteiger partial charge >= 0.3 is 5.97 Å². The van der Waals surface area contributed by atoms with Crippen LogP contribution in [0.5, 0.6) is 5.75 Å². The second-order valence-electron chi connectivity index (χ2n) is 11.2. The summed E-state index contributed by atoms with van der Waals surface area (Å²) in [7, 11) is 0. The van der Waals surface area contributed by atoms with Crippen molar-refractivity contribution in [3.05, 3.63) is 62.9 Å². The van der Waals surface area contributed by atoms with Crippen LogP contribution in [0, 0.1) is 5.82 Å². The Balaban J connectivity index is 1.31. The van der Waals surface area contributed by atoms with E-state index in [4.69, 9.17) is 32.7 Å². The van der Waals surface area contributed by atoms with Crippen LogP contribution in [-0.2, 0) is 11.3 Å². The number of piperidine rings is 1. The van der Waals surface area contributed by atoms with Crippen molar-refractivity contribution in [3.8, 4) is 5.75 Å². The largest absolute Gasteiger partial charge is 0.490 e. The predicted octanol–water partition coefficient (Wildman–Crippen LogP) is 7.54. The van der Waals surface area contributed by atoms with Crippen LogP contribution in [-0.4, -0.2) is 34.7 Å². The van der Waals surface area contributed by atoms with Crippen molar-refractivity contribution < 1.29 is 18.7 Å². The number of ether oxygens (including phenoxy) is 2. The second kappa shape index (κ2) is 9.57. The van der Waals surface area contributed by atoms with Gasteiger partial charge in [0.25, 0.3) is 0 Å². The molecule has 1 aliphatic carbocycles. The molecule has 5 rings (SSSR count). The van der Waals surface area contributed by atoms with Gasteiger partial charge in [-0.15, -0.1) is 0 Å². The maximum absolute atomic E-state index is 15.1. The number of benzene rings is 2.